The second-order valence-corrected chi connectivity index (χ2v) is 18.9. The molecule has 0 radical (unpaired) electrons. The number of esters is 2. The first-order valence-electron chi connectivity index (χ1n) is 24.3. The zero-order chi connectivity index (χ0) is 44.3. The molecule has 0 amide bonds. The molecule has 0 saturated carbocycles. The van der Waals surface area contributed by atoms with E-state index in [0.29, 0.717) is 17.4 Å². The molecule has 0 aromatic rings. The molecule has 350 valence electrons. The summed E-state index contributed by atoms with van der Waals surface area (Å²) in [5.74, 6) is -0.860. The highest BCUT2D eigenvalue weighted by Crippen LogP contribution is 2.38. The number of quaternary nitrogens is 1. The third-order valence-corrected chi connectivity index (χ3v) is 11.3. The van der Waals surface area contributed by atoms with Gasteiger partial charge in [0.2, 0.25) is 0 Å². The minimum Gasteiger partial charge on any atom is -0.756 e. The topological polar surface area (TPSA) is 111 Å². The lowest BCUT2D eigenvalue weighted by molar-refractivity contribution is -0.870. The fraction of sp³-hybridized carbons (Fsp3) is 0.800. The fourth-order valence-electron chi connectivity index (χ4n) is 6.48. The van der Waals surface area contributed by atoms with E-state index in [2.05, 4.69) is 62.5 Å². The van der Waals surface area contributed by atoms with Crippen molar-refractivity contribution in [3.05, 3.63) is 48.6 Å². The highest BCUT2D eigenvalue weighted by atomic mass is 31.2. The summed E-state index contributed by atoms with van der Waals surface area (Å²) in [7, 11) is 1.15. The van der Waals surface area contributed by atoms with Crippen molar-refractivity contribution in [1.82, 2.24) is 0 Å². The van der Waals surface area contributed by atoms with Gasteiger partial charge in [0, 0.05) is 12.8 Å². The third kappa shape index (κ3) is 45.5. The number of likely N-dealkylation sites (N-methyl/N-ethyl adjacent to an activating group) is 1. The summed E-state index contributed by atoms with van der Waals surface area (Å²) in [4.78, 5) is 37.6. The molecule has 0 fully saturated rings. The summed E-state index contributed by atoms with van der Waals surface area (Å²) in [6, 6.07) is 0. The molecule has 0 saturated heterocycles. The van der Waals surface area contributed by atoms with E-state index in [0.717, 1.165) is 57.8 Å². The van der Waals surface area contributed by atoms with E-state index in [1.165, 1.54) is 116 Å². The van der Waals surface area contributed by atoms with Gasteiger partial charge in [0.05, 0.1) is 27.7 Å². The maximum Gasteiger partial charge on any atom is 0.306 e. The number of unbranched alkanes of at least 4 members (excludes halogenated alkanes) is 22. The molecule has 0 aromatic heterocycles. The molecule has 0 bridgehead atoms. The van der Waals surface area contributed by atoms with E-state index in [9.17, 15) is 19.0 Å². The standard InChI is InChI=1S/C50H92NO8P/c1-6-8-10-12-14-16-18-20-22-24-25-27-28-30-32-34-36-38-40-42-49(52)56-46-48(47-58-60(54,55)57-45-44-51(3,4)5)59-50(53)43-41-39-37-35-33-31-29-26-23-21-19-17-15-13-11-9-7-2/h15,17,20-23,29,31,48H,6-14,16,18-19,24-28,30,32-47H2,1-5H3/b17-15-,22-20-,23-21-,31-29-/t48-/m1/s1. The van der Waals surface area contributed by atoms with E-state index >= 15 is 0 Å². The van der Waals surface area contributed by atoms with E-state index < -0.39 is 32.5 Å². The lowest BCUT2D eigenvalue weighted by atomic mass is 10.1. The number of phosphoric acid groups is 1. The van der Waals surface area contributed by atoms with Gasteiger partial charge < -0.3 is 27.9 Å². The van der Waals surface area contributed by atoms with E-state index in [1.54, 1.807) is 0 Å². The number of nitrogens with zero attached hydrogens (tertiary/aromatic N) is 1. The number of allylic oxidation sites excluding steroid dienone is 8. The monoisotopic (exact) mass is 866 g/mol. The van der Waals surface area contributed by atoms with Crippen molar-refractivity contribution in [3.63, 3.8) is 0 Å². The van der Waals surface area contributed by atoms with Gasteiger partial charge in [-0.1, -0.05) is 165 Å². The molecule has 1 unspecified atom stereocenters. The number of hydrogen-bond acceptors (Lipinski definition) is 8. The lowest BCUT2D eigenvalue weighted by Crippen LogP contribution is -2.37. The number of hydrogen-bond donors (Lipinski definition) is 0. The molecule has 0 aliphatic heterocycles. The SMILES string of the molecule is CCCCC/C=C\C/C=C\C/C=C\CCCCCCC(=O)O[C@H](COC(=O)CCCCCCCCCCC/C=C\CCCCCCCC)COP(=O)([O-])OCC[N+](C)(C)C. The van der Waals surface area contributed by atoms with Crippen LogP contribution in [0.1, 0.15) is 206 Å². The quantitative estimate of drug-likeness (QED) is 0.0196. The first-order chi connectivity index (χ1) is 29.0. The van der Waals surface area contributed by atoms with Gasteiger partial charge in [0.15, 0.2) is 6.10 Å². The molecular formula is C50H92NO8P. The van der Waals surface area contributed by atoms with Crippen molar-refractivity contribution in [3.8, 4) is 0 Å². The molecule has 0 aliphatic carbocycles. The highest BCUT2D eigenvalue weighted by molar-refractivity contribution is 7.45. The van der Waals surface area contributed by atoms with Gasteiger partial charge in [0.25, 0.3) is 7.82 Å². The van der Waals surface area contributed by atoms with Crippen LogP contribution in [0.25, 0.3) is 0 Å². The third-order valence-electron chi connectivity index (χ3n) is 10.3. The molecule has 0 aliphatic rings. The largest absolute Gasteiger partial charge is 0.756 e. The molecule has 0 rings (SSSR count). The van der Waals surface area contributed by atoms with Gasteiger partial charge >= 0.3 is 11.9 Å². The lowest BCUT2D eigenvalue weighted by Gasteiger charge is -2.28. The van der Waals surface area contributed by atoms with Gasteiger partial charge in [-0.15, -0.1) is 0 Å². The minimum atomic E-state index is -4.64. The normalized spacial score (nSPS) is 13.9. The Kier molecular flexibility index (Phi) is 40.8. The summed E-state index contributed by atoms with van der Waals surface area (Å²) >= 11 is 0. The number of phosphoric ester groups is 1. The Morgan fingerprint density at radius 2 is 0.900 bits per heavy atom. The van der Waals surface area contributed by atoms with Crippen LogP contribution >= 0.6 is 7.82 Å². The Labute approximate surface area is 369 Å². The van der Waals surface area contributed by atoms with Crippen molar-refractivity contribution in [2.45, 2.75) is 213 Å². The maximum absolute atomic E-state index is 12.7. The summed E-state index contributed by atoms with van der Waals surface area (Å²) in [5.41, 5.74) is 0. The van der Waals surface area contributed by atoms with Gasteiger partial charge in [0.1, 0.15) is 19.8 Å². The Hall–Kier alpha value is -2.03. The number of rotatable bonds is 44. The van der Waals surface area contributed by atoms with Crippen LogP contribution in [0.4, 0.5) is 0 Å². The van der Waals surface area contributed by atoms with Crippen molar-refractivity contribution < 1.29 is 42.1 Å². The van der Waals surface area contributed by atoms with Crippen molar-refractivity contribution >= 4 is 19.8 Å². The molecule has 0 N–H and O–H groups in total. The first-order valence-corrected chi connectivity index (χ1v) is 25.8. The van der Waals surface area contributed by atoms with Crippen LogP contribution in [0.5, 0.6) is 0 Å². The van der Waals surface area contributed by atoms with E-state index in [4.69, 9.17) is 18.5 Å². The number of ether oxygens (including phenoxy) is 2. The molecule has 0 spiro atoms. The number of carbonyl (C=O) groups excluding carboxylic acids is 2. The Bertz CT molecular complexity index is 1160. The molecular weight excluding hydrogens is 774 g/mol. The van der Waals surface area contributed by atoms with Crippen LogP contribution < -0.4 is 4.89 Å². The van der Waals surface area contributed by atoms with Crippen LogP contribution in [0.2, 0.25) is 0 Å². The summed E-state index contributed by atoms with van der Waals surface area (Å²) in [6.07, 6.45) is 49.9. The van der Waals surface area contributed by atoms with Gasteiger partial charge in [-0.3, -0.25) is 14.2 Å². The average molecular weight is 866 g/mol. The molecule has 60 heavy (non-hydrogen) atoms. The minimum absolute atomic E-state index is 0.0368. The Balaban J connectivity index is 4.33. The molecule has 0 aromatic carbocycles. The van der Waals surface area contributed by atoms with Crippen molar-refractivity contribution in [1.29, 1.82) is 0 Å². The fourth-order valence-corrected chi connectivity index (χ4v) is 7.21. The predicted molar refractivity (Wildman–Crippen MR) is 250 cm³/mol. The van der Waals surface area contributed by atoms with Crippen LogP contribution in [-0.4, -0.2) is 70.0 Å². The van der Waals surface area contributed by atoms with Gasteiger partial charge in [-0.05, 0) is 77.0 Å². The van der Waals surface area contributed by atoms with Crippen LogP contribution in [0.3, 0.4) is 0 Å². The second kappa shape index (κ2) is 42.3. The van der Waals surface area contributed by atoms with Crippen molar-refractivity contribution in [2.75, 3.05) is 47.5 Å². The van der Waals surface area contributed by atoms with Crippen LogP contribution in [-0.2, 0) is 32.7 Å². The van der Waals surface area contributed by atoms with Crippen LogP contribution in [0, 0.1) is 0 Å². The smallest absolute Gasteiger partial charge is 0.306 e. The van der Waals surface area contributed by atoms with E-state index in [-0.39, 0.29) is 26.1 Å². The van der Waals surface area contributed by atoms with E-state index in [1.807, 2.05) is 21.1 Å². The first kappa shape index (κ1) is 58.0. The molecule has 0 heterocycles. The molecule has 2 atom stereocenters. The zero-order valence-corrected chi connectivity index (χ0v) is 40.3. The predicted octanol–water partition coefficient (Wildman–Crippen LogP) is 13.6. The van der Waals surface area contributed by atoms with Gasteiger partial charge in [-0.2, -0.15) is 0 Å². The number of carbonyl (C=O) groups is 2. The summed E-state index contributed by atoms with van der Waals surface area (Å²) in [5, 5.41) is 0. The Morgan fingerprint density at radius 1 is 0.517 bits per heavy atom. The Morgan fingerprint density at radius 3 is 1.38 bits per heavy atom. The zero-order valence-electron chi connectivity index (χ0n) is 39.4. The van der Waals surface area contributed by atoms with Gasteiger partial charge in [-0.25, -0.2) is 0 Å². The van der Waals surface area contributed by atoms with Crippen molar-refractivity contribution in [2.24, 2.45) is 0 Å². The second-order valence-electron chi connectivity index (χ2n) is 17.5. The maximum atomic E-state index is 12.7. The summed E-state index contributed by atoms with van der Waals surface area (Å²) in [6.45, 7) is 4.18. The molecule has 10 heteroatoms. The van der Waals surface area contributed by atoms with Crippen LogP contribution in [0.15, 0.2) is 48.6 Å². The summed E-state index contributed by atoms with van der Waals surface area (Å²) < 4.78 is 34.0. The average Bonchev–Trinajstić information content (AvgIpc) is 3.20. The molecule has 9 nitrogen and oxygen atoms in total. The highest BCUT2D eigenvalue weighted by Gasteiger charge is 2.21.